The molecule has 0 spiro atoms. The van der Waals surface area contributed by atoms with E-state index < -0.39 is 0 Å². The highest BCUT2D eigenvalue weighted by Gasteiger charge is 2.15. The lowest BCUT2D eigenvalue weighted by Gasteiger charge is -2.15. The zero-order valence-electron chi connectivity index (χ0n) is 10.00. The van der Waals surface area contributed by atoms with Crippen LogP contribution in [0.5, 0.6) is 0 Å². The lowest BCUT2D eigenvalue weighted by Crippen LogP contribution is -2.21. The Hall–Kier alpha value is -0.160. The molecular weight excluding hydrogens is 314 g/mol. The molecule has 0 aliphatic rings. The van der Waals surface area contributed by atoms with Gasteiger partial charge >= 0.3 is 0 Å². The Labute approximate surface area is 119 Å². The van der Waals surface area contributed by atoms with Crippen molar-refractivity contribution in [3.63, 3.8) is 0 Å². The van der Waals surface area contributed by atoms with Crippen LogP contribution in [0, 0.1) is 6.92 Å². The highest BCUT2D eigenvalue weighted by atomic mass is 79.9. The van der Waals surface area contributed by atoms with Gasteiger partial charge in [-0.1, -0.05) is 13.0 Å². The van der Waals surface area contributed by atoms with Crippen LogP contribution in [0.2, 0.25) is 0 Å². The number of hydrogen-bond donors (Lipinski definition) is 1. The van der Waals surface area contributed by atoms with E-state index in [-0.39, 0.29) is 0 Å². The first-order chi connectivity index (χ1) is 8.20. The molecule has 0 bridgehead atoms. The minimum absolute atomic E-state index is 0.439. The molecule has 2 aromatic heterocycles. The topological polar surface area (TPSA) is 12.0 Å². The molecule has 0 aliphatic carbocycles. The van der Waals surface area contributed by atoms with Crippen molar-refractivity contribution in [1.82, 2.24) is 5.32 Å². The van der Waals surface area contributed by atoms with Gasteiger partial charge in [-0.05, 0) is 52.5 Å². The van der Waals surface area contributed by atoms with E-state index in [0.717, 1.165) is 13.0 Å². The van der Waals surface area contributed by atoms with E-state index in [9.17, 15) is 0 Å². The van der Waals surface area contributed by atoms with Gasteiger partial charge in [0.1, 0.15) is 0 Å². The van der Waals surface area contributed by atoms with Crippen molar-refractivity contribution >= 4 is 38.6 Å². The van der Waals surface area contributed by atoms with Crippen molar-refractivity contribution in [1.29, 1.82) is 0 Å². The van der Waals surface area contributed by atoms with Gasteiger partial charge in [0, 0.05) is 22.2 Å². The summed E-state index contributed by atoms with van der Waals surface area (Å²) in [6.07, 6.45) is 1.08. The smallest absolute Gasteiger partial charge is 0.0731 e. The summed E-state index contributed by atoms with van der Waals surface area (Å²) in [6.45, 7) is 5.32. The fourth-order valence-corrected chi connectivity index (χ4v) is 4.20. The van der Waals surface area contributed by atoms with Crippen LogP contribution in [-0.4, -0.2) is 6.54 Å². The van der Waals surface area contributed by atoms with Crippen LogP contribution in [-0.2, 0) is 6.42 Å². The number of hydrogen-bond acceptors (Lipinski definition) is 3. The second kappa shape index (κ2) is 6.14. The molecule has 0 fully saturated rings. The van der Waals surface area contributed by atoms with Gasteiger partial charge in [0.25, 0.3) is 0 Å². The zero-order valence-corrected chi connectivity index (χ0v) is 13.2. The summed E-state index contributed by atoms with van der Waals surface area (Å²) < 4.78 is 1.25. The third kappa shape index (κ3) is 3.41. The van der Waals surface area contributed by atoms with Crippen LogP contribution in [0.4, 0.5) is 0 Å². The SMILES string of the molecule is CCNC(Cc1cccs1)c1cc(C)c(Br)s1. The number of likely N-dealkylation sites (N-methyl/N-ethyl adjacent to an activating group) is 1. The van der Waals surface area contributed by atoms with Crippen molar-refractivity contribution < 1.29 is 0 Å². The van der Waals surface area contributed by atoms with Crippen LogP contribution in [0.3, 0.4) is 0 Å². The lowest BCUT2D eigenvalue weighted by atomic mass is 10.1. The average molecular weight is 330 g/mol. The van der Waals surface area contributed by atoms with Gasteiger partial charge in [-0.15, -0.1) is 22.7 Å². The highest BCUT2D eigenvalue weighted by Crippen LogP contribution is 2.33. The van der Waals surface area contributed by atoms with Crippen molar-refractivity contribution in [2.24, 2.45) is 0 Å². The average Bonchev–Trinajstić information content (AvgIpc) is 2.90. The maximum absolute atomic E-state index is 3.61. The van der Waals surface area contributed by atoms with Gasteiger partial charge in [-0.25, -0.2) is 0 Å². The summed E-state index contributed by atoms with van der Waals surface area (Å²) in [5.41, 5.74) is 1.33. The number of nitrogens with one attached hydrogen (secondary N) is 1. The summed E-state index contributed by atoms with van der Waals surface area (Å²) in [7, 11) is 0. The molecule has 0 saturated carbocycles. The molecule has 1 N–H and O–H groups in total. The number of thiophene rings is 2. The molecule has 2 aromatic rings. The molecule has 2 heterocycles. The Bertz CT molecular complexity index is 442. The standard InChI is InChI=1S/C13H16BrNS2/c1-3-15-11(8-10-5-4-6-16-10)12-7-9(2)13(14)17-12/h4-7,11,15H,3,8H2,1-2H3. The summed E-state index contributed by atoms with van der Waals surface area (Å²) >= 11 is 7.29. The first-order valence-electron chi connectivity index (χ1n) is 5.72. The van der Waals surface area contributed by atoms with Crippen molar-refractivity contribution in [2.75, 3.05) is 6.54 Å². The monoisotopic (exact) mass is 329 g/mol. The molecule has 0 aromatic carbocycles. The minimum Gasteiger partial charge on any atom is -0.309 e. The number of halogens is 1. The highest BCUT2D eigenvalue weighted by molar-refractivity contribution is 9.11. The minimum atomic E-state index is 0.439. The molecule has 0 radical (unpaired) electrons. The predicted octanol–water partition coefficient (Wildman–Crippen LogP) is 4.77. The molecule has 17 heavy (non-hydrogen) atoms. The molecule has 0 amide bonds. The van der Waals surface area contributed by atoms with Crippen LogP contribution in [0.1, 0.15) is 28.3 Å². The van der Waals surface area contributed by atoms with E-state index in [1.807, 2.05) is 22.7 Å². The molecule has 92 valence electrons. The molecule has 2 rings (SSSR count). The van der Waals surface area contributed by atoms with E-state index in [0.29, 0.717) is 6.04 Å². The number of rotatable bonds is 5. The molecular formula is C13H16BrNS2. The van der Waals surface area contributed by atoms with E-state index in [2.05, 4.69) is 58.7 Å². The maximum Gasteiger partial charge on any atom is 0.0731 e. The number of aryl methyl sites for hydroxylation is 1. The van der Waals surface area contributed by atoms with Gasteiger partial charge in [0.15, 0.2) is 0 Å². The van der Waals surface area contributed by atoms with Crippen molar-refractivity contribution in [3.05, 3.63) is 42.7 Å². The Balaban J connectivity index is 2.16. The summed E-state index contributed by atoms with van der Waals surface area (Å²) in [4.78, 5) is 2.86. The molecule has 1 unspecified atom stereocenters. The predicted molar refractivity (Wildman–Crippen MR) is 81.2 cm³/mol. The van der Waals surface area contributed by atoms with Gasteiger partial charge < -0.3 is 5.32 Å². The third-order valence-corrected chi connectivity index (χ3v) is 5.80. The van der Waals surface area contributed by atoms with Gasteiger partial charge in [0.2, 0.25) is 0 Å². The summed E-state index contributed by atoms with van der Waals surface area (Å²) in [6, 6.07) is 7.06. The zero-order chi connectivity index (χ0) is 12.3. The summed E-state index contributed by atoms with van der Waals surface area (Å²) in [5, 5.41) is 5.72. The molecule has 0 aliphatic heterocycles. The van der Waals surface area contributed by atoms with E-state index >= 15 is 0 Å². The Morgan fingerprint density at radius 2 is 2.29 bits per heavy atom. The molecule has 1 atom stereocenters. The quantitative estimate of drug-likeness (QED) is 0.832. The van der Waals surface area contributed by atoms with Gasteiger partial charge in [-0.2, -0.15) is 0 Å². The first kappa shape index (κ1) is 13.3. The van der Waals surface area contributed by atoms with Crippen LogP contribution in [0.25, 0.3) is 0 Å². The van der Waals surface area contributed by atoms with Gasteiger partial charge in [-0.3, -0.25) is 0 Å². The Kier molecular flexibility index (Phi) is 4.79. The van der Waals surface area contributed by atoms with Gasteiger partial charge in [0.05, 0.1) is 3.79 Å². The normalized spacial score (nSPS) is 12.9. The Morgan fingerprint density at radius 3 is 2.82 bits per heavy atom. The first-order valence-corrected chi connectivity index (χ1v) is 8.21. The fraction of sp³-hybridized carbons (Fsp3) is 0.385. The van der Waals surface area contributed by atoms with Crippen LogP contribution in [0.15, 0.2) is 27.4 Å². The Morgan fingerprint density at radius 1 is 1.47 bits per heavy atom. The maximum atomic E-state index is 3.61. The molecule has 1 nitrogen and oxygen atoms in total. The van der Waals surface area contributed by atoms with Crippen molar-refractivity contribution in [2.45, 2.75) is 26.3 Å². The van der Waals surface area contributed by atoms with E-state index in [4.69, 9.17) is 0 Å². The third-order valence-electron chi connectivity index (χ3n) is 2.66. The molecule has 4 heteroatoms. The van der Waals surface area contributed by atoms with Crippen LogP contribution >= 0.6 is 38.6 Å². The second-order valence-electron chi connectivity index (χ2n) is 4.00. The largest absolute Gasteiger partial charge is 0.309 e. The van der Waals surface area contributed by atoms with E-state index in [1.165, 1.54) is 19.1 Å². The van der Waals surface area contributed by atoms with Crippen molar-refractivity contribution in [3.8, 4) is 0 Å². The summed E-state index contributed by atoms with van der Waals surface area (Å²) in [5.74, 6) is 0. The lowest BCUT2D eigenvalue weighted by molar-refractivity contribution is 0.561. The molecule has 0 saturated heterocycles. The van der Waals surface area contributed by atoms with Crippen LogP contribution < -0.4 is 5.32 Å². The van der Waals surface area contributed by atoms with E-state index in [1.54, 1.807) is 0 Å². The second-order valence-corrected chi connectivity index (χ2v) is 7.43. The fourth-order valence-electron chi connectivity index (χ4n) is 1.80.